The number of hydrogen-bond acceptors (Lipinski definition) is 3. The highest BCUT2D eigenvalue weighted by Crippen LogP contribution is 2.17. The van der Waals surface area contributed by atoms with Crippen molar-refractivity contribution < 1.29 is 4.79 Å². The largest absolute Gasteiger partial charge is 0.356 e. The smallest absolute Gasteiger partial charge is 0.230 e. The van der Waals surface area contributed by atoms with E-state index in [0.717, 1.165) is 10.5 Å². The Kier molecular flexibility index (Phi) is 5.21. The van der Waals surface area contributed by atoms with Crippen molar-refractivity contribution in [2.75, 3.05) is 12.3 Å². The van der Waals surface area contributed by atoms with Gasteiger partial charge < -0.3 is 11.1 Å². The van der Waals surface area contributed by atoms with Crippen molar-refractivity contribution in [2.45, 2.75) is 18.4 Å². The number of carbonyl (C=O) groups is 1. The molecule has 1 amide bonds. The van der Waals surface area contributed by atoms with Gasteiger partial charge >= 0.3 is 0 Å². The molecule has 82 valence electrons. The van der Waals surface area contributed by atoms with Gasteiger partial charge in [0, 0.05) is 18.0 Å². The molecule has 3 N–H and O–H groups in total. The molecular formula is C11H16N2OS. The van der Waals surface area contributed by atoms with E-state index in [1.807, 2.05) is 31.2 Å². The lowest BCUT2D eigenvalue weighted by Gasteiger charge is -2.03. The highest BCUT2D eigenvalue weighted by atomic mass is 32.2. The van der Waals surface area contributed by atoms with E-state index >= 15 is 0 Å². The minimum absolute atomic E-state index is 0.0744. The summed E-state index contributed by atoms with van der Waals surface area (Å²) in [6.45, 7) is 3.16. The van der Waals surface area contributed by atoms with Gasteiger partial charge in [-0.05, 0) is 24.6 Å². The van der Waals surface area contributed by atoms with E-state index in [1.54, 1.807) is 0 Å². The molecule has 1 aromatic carbocycles. The maximum atomic E-state index is 11.2. The van der Waals surface area contributed by atoms with Gasteiger partial charge in [-0.3, -0.25) is 4.79 Å². The predicted octanol–water partition coefficient (Wildman–Crippen LogP) is 1.37. The van der Waals surface area contributed by atoms with Gasteiger partial charge in [0.1, 0.15) is 0 Å². The second-order valence-corrected chi connectivity index (χ2v) is 4.14. The van der Waals surface area contributed by atoms with Crippen LogP contribution >= 0.6 is 11.8 Å². The third kappa shape index (κ3) is 4.36. The first-order valence-electron chi connectivity index (χ1n) is 4.94. The molecule has 0 aliphatic rings. The van der Waals surface area contributed by atoms with E-state index in [9.17, 15) is 4.79 Å². The zero-order chi connectivity index (χ0) is 11.1. The topological polar surface area (TPSA) is 55.1 Å². The van der Waals surface area contributed by atoms with Gasteiger partial charge in [0.15, 0.2) is 0 Å². The molecule has 0 heterocycles. The summed E-state index contributed by atoms with van der Waals surface area (Å²) in [6, 6.07) is 7.96. The maximum absolute atomic E-state index is 11.2. The van der Waals surface area contributed by atoms with Crippen molar-refractivity contribution in [3.63, 3.8) is 0 Å². The predicted molar refractivity (Wildman–Crippen MR) is 63.7 cm³/mol. The average Bonchev–Trinajstić information content (AvgIpc) is 2.27. The molecule has 0 aliphatic heterocycles. The van der Waals surface area contributed by atoms with Crippen LogP contribution in [0.15, 0.2) is 29.2 Å². The summed E-state index contributed by atoms with van der Waals surface area (Å²) in [5.41, 5.74) is 6.60. The summed E-state index contributed by atoms with van der Waals surface area (Å²) < 4.78 is 0. The van der Waals surface area contributed by atoms with Gasteiger partial charge in [-0.15, -0.1) is 11.8 Å². The summed E-state index contributed by atoms with van der Waals surface area (Å²) in [6.07, 6.45) is 0. The molecule has 4 heteroatoms. The minimum atomic E-state index is 0.0744. The summed E-state index contributed by atoms with van der Waals surface area (Å²) in [4.78, 5) is 12.3. The van der Waals surface area contributed by atoms with Gasteiger partial charge in [-0.1, -0.05) is 12.1 Å². The van der Waals surface area contributed by atoms with Crippen molar-refractivity contribution in [1.29, 1.82) is 0 Å². The Morgan fingerprint density at radius 2 is 2.07 bits per heavy atom. The fourth-order valence-electron chi connectivity index (χ4n) is 1.12. The maximum Gasteiger partial charge on any atom is 0.230 e. The van der Waals surface area contributed by atoms with Crippen LogP contribution in [0.4, 0.5) is 0 Å². The van der Waals surface area contributed by atoms with Crippen molar-refractivity contribution >= 4 is 17.7 Å². The monoisotopic (exact) mass is 224 g/mol. The SMILES string of the molecule is CCNC(=O)CSc1ccc(CN)cc1. The number of thioether (sulfide) groups is 1. The van der Waals surface area contributed by atoms with E-state index < -0.39 is 0 Å². The molecule has 0 saturated heterocycles. The molecule has 0 aliphatic carbocycles. The van der Waals surface area contributed by atoms with Crippen LogP contribution in [0.2, 0.25) is 0 Å². The first kappa shape index (κ1) is 12.1. The second kappa shape index (κ2) is 6.48. The molecule has 1 rings (SSSR count). The Hall–Kier alpha value is -1.00. The summed E-state index contributed by atoms with van der Waals surface area (Å²) >= 11 is 1.53. The molecular weight excluding hydrogens is 208 g/mol. The van der Waals surface area contributed by atoms with Gasteiger partial charge in [-0.2, -0.15) is 0 Å². The van der Waals surface area contributed by atoms with E-state index in [-0.39, 0.29) is 5.91 Å². The fraction of sp³-hybridized carbons (Fsp3) is 0.364. The Labute approximate surface area is 94.4 Å². The Morgan fingerprint density at radius 1 is 1.40 bits per heavy atom. The third-order valence-corrected chi connectivity index (χ3v) is 2.91. The number of rotatable bonds is 5. The second-order valence-electron chi connectivity index (χ2n) is 3.09. The van der Waals surface area contributed by atoms with Crippen molar-refractivity contribution in [3.8, 4) is 0 Å². The standard InChI is InChI=1S/C11H16N2OS/c1-2-13-11(14)8-15-10-5-3-9(7-12)4-6-10/h3-6H,2,7-8,12H2,1H3,(H,13,14). The summed E-state index contributed by atoms with van der Waals surface area (Å²) in [5, 5.41) is 2.76. The molecule has 3 nitrogen and oxygen atoms in total. The molecule has 0 bridgehead atoms. The van der Waals surface area contributed by atoms with Crippen LogP contribution < -0.4 is 11.1 Å². The van der Waals surface area contributed by atoms with Crippen LogP contribution in [0, 0.1) is 0 Å². The van der Waals surface area contributed by atoms with Crippen LogP contribution in [0.25, 0.3) is 0 Å². The average molecular weight is 224 g/mol. The number of amides is 1. The lowest BCUT2D eigenvalue weighted by molar-refractivity contribution is -0.118. The van der Waals surface area contributed by atoms with Crippen LogP contribution in [-0.4, -0.2) is 18.2 Å². The number of carbonyl (C=O) groups excluding carboxylic acids is 1. The number of benzene rings is 1. The summed E-state index contributed by atoms with van der Waals surface area (Å²) in [5.74, 6) is 0.543. The van der Waals surface area contributed by atoms with Crippen molar-refractivity contribution in [3.05, 3.63) is 29.8 Å². The van der Waals surface area contributed by atoms with Gasteiger partial charge in [0.05, 0.1) is 5.75 Å². The quantitative estimate of drug-likeness (QED) is 0.743. The first-order valence-corrected chi connectivity index (χ1v) is 5.93. The highest BCUT2D eigenvalue weighted by Gasteiger charge is 2.00. The highest BCUT2D eigenvalue weighted by molar-refractivity contribution is 8.00. The van der Waals surface area contributed by atoms with Gasteiger partial charge in [0.25, 0.3) is 0 Å². The molecule has 0 radical (unpaired) electrons. The van der Waals surface area contributed by atoms with E-state index in [4.69, 9.17) is 5.73 Å². The van der Waals surface area contributed by atoms with Gasteiger partial charge in [-0.25, -0.2) is 0 Å². The number of hydrogen-bond donors (Lipinski definition) is 2. The molecule has 0 spiro atoms. The molecule has 1 aromatic rings. The zero-order valence-electron chi connectivity index (χ0n) is 8.82. The van der Waals surface area contributed by atoms with E-state index in [0.29, 0.717) is 18.8 Å². The van der Waals surface area contributed by atoms with E-state index in [1.165, 1.54) is 11.8 Å². The van der Waals surface area contributed by atoms with Crippen LogP contribution in [0.5, 0.6) is 0 Å². The fourth-order valence-corrected chi connectivity index (χ4v) is 1.85. The van der Waals surface area contributed by atoms with Crippen molar-refractivity contribution in [2.24, 2.45) is 5.73 Å². The van der Waals surface area contributed by atoms with Crippen LogP contribution in [-0.2, 0) is 11.3 Å². The normalized spacial score (nSPS) is 10.0. The lowest BCUT2D eigenvalue weighted by atomic mass is 10.2. The van der Waals surface area contributed by atoms with E-state index in [2.05, 4.69) is 5.32 Å². The molecule has 15 heavy (non-hydrogen) atoms. The Morgan fingerprint density at radius 3 is 2.60 bits per heavy atom. The lowest BCUT2D eigenvalue weighted by Crippen LogP contribution is -2.24. The van der Waals surface area contributed by atoms with Crippen LogP contribution in [0.3, 0.4) is 0 Å². The van der Waals surface area contributed by atoms with Gasteiger partial charge in [0.2, 0.25) is 5.91 Å². The number of nitrogens with one attached hydrogen (secondary N) is 1. The molecule has 0 saturated carbocycles. The first-order chi connectivity index (χ1) is 7.26. The molecule has 0 aromatic heterocycles. The third-order valence-electron chi connectivity index (χ3n) is 1.90. The van der Waals surface area contributed by atoms with Crippen LogP contribution in [0.1, 0.15) is 12.5 Å². The van der Waals surface area contributed by atoms with Crippen molar-refractivity contribution in [1.82, 2.24) is 5.32 Å². The number of nitrogens with two attached hydrogens (primary N) is 1. The summed E-state index contributed by atoms with van der Waals surface area (Å²) in [7, 11) is 0. The minimum Gasteiger partial charge on any atom is -0.356 e. The zero-order valence-corrected chi connectivity index (χ0v) is 9.64. The molecule has 0 unspecified atom stereocenters. The Bertz CT molecular complexity index is 311. The Balaban J connectivity index is 2.40. The molecule has 0 atom stereocenters. The molecule has 0 fully saturated rings.